The van der Waals surface area contributed by atoms with Crippen LogP contribution in [0.25, 0.3) is 0 Å². The summed E-state index contributed by atoms with van der Waals surface area (Å²) in [5.74, 6) is -0.233. The van der Waals surface area contributed by atoms with Crippen LogP contribution < -0.4 is 10.6 Å². The molecular weight excluding hydrogens is 269 g/mol. The quantitative estimate of drug-likeness (QED) is 0.875. The Balaban J connectivity index is 2.05. The van der Waals surface area contributed by atoms with Crippen molar-refractivity contribution in [3.8, 4) is 0 Å². The second kappa shape index (κ2) is 5.88. The molecule has 2 N–H and O–H groups in total. The van der Waals surface area contributed by atoms with E-state index in [-0.39, 0.29) is 10.9 Å². The molecule has 94 valence electrons. The second-order valence-corrected chi connectivity index (χ2v) is 4.98. The lowest BCUT2D eigenvalue weighted by atomic mass is 10.1. The molecule has 1 aromatic carbocycles. The average Bonchev–Trinajstić information content (AvgIpc) is 2.82. The lowest BCUT2D eigenvalue weighted by Crippen LogP contribution is -2.37. The highest BCUT2D eigenvalue weighted by Gasteiger charge is 2.11. The normalized spacial score (nSPS) is 10.3. The van der Waals surface area contributed by atoms with E-state index in [9.17, 15) is 4.39 Å². The van der Waals surface area contributed by atoms with Gasteiger partial charge in [-0.25, -0.2) is 9.37 Å². The predicted molar refractivity (Wildman–Crippen MR) is 76.3 cm³/mol. The highest BCUT2D eigenvalue weighted by atomic mass is 32.1. The summed E-state index contributed by atoms with van der Waals surface area (Å²) in [5, 5.41) is 2.91. The van der Waals surface area contributed by atoms with Crippen molar-refractivity contribution in [2.24, 2.45) is 5.73 Å². The van der Waals surface area contributed by atoms with Gasteiger partial charge in [0.15, 0.2) is 10.2 Å². The van der Waals surface area contributed by atoms with Crippen molar-refractivity contribution < 1.29 is 4.39 Å². The Kier molecular flexibility index (Phi) is 4.22. The molecule has 2 rings (SSSR count). The summed E-state index contributed by atoms with van der Waals surface area (Å²) >= 11 is 6.47. The van der Waals surface area contributed by atoms with E-state index in [4.69, 9.17) is 18.0 Å². The molecule has 0 amide bonds. The molecule has 0 aliphatic carbocycles. The van der Waals surface area contributed by atoms with Crippen LogP contribution in [0.2, 0.25) is 0 Å². The number of thiocarbonyl (C=S) groups is 1. The summed E-state index contributed by atoms with van der Waals surface area (Å²) in [6.45, 7) is 0.590. The fourth-order valence-electron chi connectivity index (χ4n) is 1.58. The van der Waals surface area contributed by atoms with Crippen molar-refractivity contribution in [1.29, 1.82) is 0 Å². The Morgan fingerprint density at radius 3 is 2.94 bits per heavy atom. The number of nitrogens with two attached hydrogens (primary N) is 1. The molecule has 0 unspecified atom stereocenters. The Morgan fingerprint density at radius 2 is 2.33 bits per heavy atom. The van der Waals surface area contributed by atoms with Gasteiger partial charge in [-0.3, -0.25) is 4.90 Å². The van der Waals surface area contributed by atoms with Crippen LogP contribution in [0.5, 0.6) is 0 Å². The highest BCUT2D eigenvalue weighted by molar-refractivity contribution is 7.80. The van der Waals surface area contributed by atoms with Crippen LogP contribution >= 0.6 is 23.6 Å². The summed E-state index contributed by atoms with van der Waals surface area (Å²) < 4.78 is 13.0. The summed E-state index contributed by atoms with van der Waals surface area (Å²) in [5.41, 5.74) is 6.58. The van der Waals surface area contributed by atoms with Gasteiger partial charge >= 0.3 is 0 Å². The Labute approximate surface area is 114 Å². The standard InChI is InChI=1S/C12H12FN3S2/c13-10-3-1-2-9(8-10)4-6-16(11(14)17)12-15-5-7-18-12/h1-3,5,7-8H,4,6H2,(H2,14,17). The predicted octanol–water partition coefficient (Wildman–Crippen LogP) is 2.57. The van der Waals surface area contributed by atoms with E-state index in [2.05, 4.69) is 4.98 Å². The summed E-state index contributed by atoms with van der Waals surface area (Å²) in [6.07, 6.45) is 2.36. The SMILES string of the molecule is NC(=S)N(CCc1cccc(F)c1)c1nccs1. The van der Waals surface area contributed by atoms with Crippen molar-refractivity contribution in [3.05, 3.63) is 47.2 Å². The lowest BCUT2D eigenvalue weighted by Gasteiger charge is -2.19. The topological polar surface area (TPSA) is 42.1 Å². The van der Waals surface area contributed by atoms with Crippen molar-refractivity contribution in [1.82, 2.24) is 4.98 Å². The van der Waals surface area contributed by atoms with Crippen LogP contribution in [-0.4, -0.2) is 16.6 Å². The van der Waals surface area contributed by atoms with Gasteiger partial charge < -0.3 is 5.73 Å². The third kappa shape index (κ3) is 3.24. The molecule has 0 bridgehead atoms. The number of thiazole rings is 1. The van der Waals surface area contributed by atoms with Gasteiger partial charge in [-0.15, -0.1) is 11.3 Å². The molecule has 0 spiro atoms. The fraction of sp³-hybridized carbons (Fsp3) is 0.167. The molecule has 3 nitrogen and oxygen atoms in total. The van der Waals surface area contributed by atoms with Crippen molar-refractivity contribution in [2.45, 2.75) is 6.42 Å². The van der Waals surface area contributed by atoms with Gasteiger partial charge in [-0.05, 0) is 36.3 Å². The number of anilines is 1. The minimum Gasteiger partial charge on any atom is -0.376 e. The van der Waals surface area contributed by atoms with E-state index in [0.717, 1.165) is 10.7 Å². The van der Waals surface area contributed by atoms with Crippen molar-refractivity contribution in [2.75, 3.05) is 11.4 Å². The maximum Gasteiger partial charge on any atom is 0.191 e. The van der Waals surface area contributed by atoms with Crippen molar-refractivity contribution >= 4 is 33.8 Å². The van der Waals surface area contributed by atoms with E-state index in [1.165, 1.54) is 23.5 Å². The zero-order chi connectivity index (χ0) is 13.0. The van der Waals surface area contributed by atoms with Gasteiger partial charge in [-0.1, -0.05) is 12.1 Å². The fourth-order valence-corrected chi connectivity index (χ4v) is 2.50. The largest absolute Gasteiger partial charge is 0.376 e. The molecule has 0 saturated carbocycles. The first-order chi connectivity index (χ1) is 8.66. The minimum absolute atomic E-state index is 0.233. The summed E-state index contributed by atoms with van der Waals surface area (Å²) in [7, 11) is 0. The third-order valence-electron chi connectivity index (χ3n) is 2.43. The van der Waals surface area contributed by atoms with E-state index >= 15 is 0 Å². The Hall–Kier alpha value is -1.53. The monoisotopic (exact) mass is 281 g/mol. The average molecular weight is 281 g/mol. The molecule has 1 heterocycles. The van der Waals surface area contributed by atoms with Crippen LogP contribution in [0.4, 0.5) is 9.52 Å². The molecule has 1 aromatic heterocycles. The molecule has 0 fully saturated rings. The highest BCUT2D eigenvalue weighted by Crippen LogP contribution is 2.17. The van der Waals surface area contributed by atoms with Crippen LogP contribution in [0.15, 0.2) is 35.8 Å². The molecule has 0 atom stereocenters. The van der Waals surface area contributed by atoms with E-state index < -0.39 is 0 Å². The van der Waals surface area contributed by atoms with Crippen LogP contribution in [0, 0.1) is 5.82 Å². The van der Waals surface area contributed by atoms with Crippen LogP contribution in [-0.2, 0) is 6.42 Å². The second-order valence-electron chi connectivity index (χ2n) is 3.68. The molecule has 0 radical (unpaired) electrons. The molecule has 6 heteroatoms. The molecule has 2 aromatic rings. The number of rotatable bonds is 4. The zero-order valence-electron chi connectivity index (χ0n) is 9.54. The van der Waals surface area contributed by atoms with Gasteiger partial charge in [0.25, 0.3) is 0 Å². The van der Waals surface area contributed by atoms with Gasteiger partial charge in [0.2, 0.25) is 0 Å². The Morgan fingerprint density at radius 1 is 1.50 bits per heavy atom. The number of aromatic nitrogens is 1. The van der Waals surface area contributed by atoms with Gasteiger partial charge in [0.1, 0.15) is 5.82 Å². The molecule has 0 aliphatic heterocycles. The first-order valence-electron chi connectivity index (χ1n) is 5.38. The van der Waals surface area contributed by atoms with Crippen LogP contribution in [0.3, 0.4) is 0 Å². The third-order valence-corrected chi connectivity index (χ3v) is 3.44. The molecule has 0 saturated heterocycles. The number of hydrogen-bond acceptors (Lipinski definition) is 3. The zero-order valence-corrected chi connectivity index (χ0v) is 11.2. The van der Waals surface area contributed by atoms with E-state index in [1.807, 2.05) is 11.4 Å². The smallest absolute Gasteiger partial charge is 0.191 e. The lowest BCUT2D eigenvalue weighted by molar-refractivity contribution is 0.625. The van der Waals surface area contributed by atoms with Gasteiger partial charge in [0.05, 0.1) is 0 Å². The van der Waals surface area contributed by atoms with E-state index in [0.29, 0.717) is 13.0 Å². The number of benzene rings is 1. The van der Waals surface area contributed by atoms with Crippen molar-refractivity contribution in [3.63, 3.8) is 0 Å². The van der Waals surface area contributed by atoms with Crippen LogP contribution in [0.1, 0.15) is 5.56 Å². The number of nitrogens with zero attached hydrogens (tertiary/aromatic N) is 2. The van der Waals surface area contributed by atoms with Gasteiger partial charge in [0, 0.05) is 18.1 Å². The first-order valence-corrected chi connectivity index (χ1v) is 6.66. The first kappa shape index (κ1) is 12.9. The molecule has 18 heavy (non-hydrogen) atoms. The molecule has 0 aliphatic rings. The Bertz CT molecular complexity index is 528. The van der Waals surface area contributed by atoms with E-state index in [1.54, 1.807) is 17.2 Å². The number of hydrogen-bond donors (Lipinski definition) is 1. The number of halogens is 1. The summed E-state index contributed by atoms with van der Waals surface area (Å²) in [6, 6.07) is 6.51. The van der Waals surface area contributed by atoms with Gasteiger partial charge in [-0.2, -0.15) is 0 Å². The molecular formula is C12H12FN3S2. The maximum absolute atomic E-state index is 13.0. The maximum atomic E-state index is 13.0. The minimum atomic E-state index is -0.233. The summed E-state index contributed by atoms with van der Waals surface area (Å²) in [4.78, 5) is 5.93.